The van der Waals surface area contributed by atoms with Crippen molar-refractivity contribution in [3.63, 3.8) is 0 Å². The van der Waals surface area contributed by atoms with Crippen LogP contribution in [-0.2, 0) is 6.54 Å². The molecule has 4 heteroatoms. The lowest BCUT2D eigenvalue weighted by Gasteiger charge is -2.11. The van der Waals surface area contributed by atoms with E-state index in [1.807, 2.05) is 30.3 Å². The van der Waals surface area contributed by atoms with Crippen LogP contribution in [0, 0.1) is 11.3 Å². The van der Waals surface area contributed by atoms with Crippen LogP contribution >= 0.6 is 11.6 Å². The van der Waals surface area contributed by atoms with E-state index in [0.29, 0.717) is 11.6 Å². The Balaban J connectivity index is 2.02. The Bertz CT molecular complexity index is 531. The molecule has 0 saturated carbocycles. The van der Waals surface area contributed by atoms with Gasteiger partial charge >= 0.3 is 0 Å². The highest BCUT2D eigenvalue weighted by atomic mass is 35.5. The molecule has 0 radical (unpaired) electrons. The minimum absolute atomic E-state index is 0.357. The summed E-state index contributed by atoms with van der Waals surface area (Å²) in [6.45, 7) is 0.557. The Morgan fingerprint density at radius 1 is 1.22 bits per heavy atom. The highest BCUT2D eigenvalue weighted by molar-refractivity contribution is 6.30. The Morgan fingerprint density at radius 3 is 2.61 bits per heavy atom. The molecule has 1 heterocycles. The van der Waals surface area contributed by atoms with Gasteiger partial charge in [0.15, 0.2) is 0 Å². The van der Waals surface area contributed by atoms with Gasteiger partial charge in [0.05, 0.1) is 11.8 Å². The molecule has 3 nitrogen and oxygen atoms in total. The van der Waals surface area contributed by atoms with Crippen molar-refractivity contribution in [3.05, 3.63) is 64.9 Å². The molecule has 2 aromatic rings. The molecule has 2 rings (SSSR count). The molecule has 0 amide bonds. The quantitative estimate of drug-likeness (QED) is 0.916. The van der Waals surface area contributed by atoms with Crippen LogP contribution in [0.1, 0.15) is 17.3 Å². The highest BCUT2D eigenvalue weighted by Gasteiger charge is 2.09. The van der Waals surface area contributed by atoms with Crippen LogP contribution in [0.2, 0.25) is 5.02 Å². The number of hydrogen-bond donors (Lipinski definition) is 1. The summed E-state index contributed by atoms with van der Waals surface area (Å²) in [7, 11) is 0. The zero-order chi connectivity index (χ0) is 12.8. The summed E-state index contributed by atoms with van der Waals surface area (Å²) >= 11 is 5.82. The first-order chi connectivity index (χ1) is 8.79. The molecule has 0 spiro atoms. The lowest BCUT2D eigenvalue weighted by Crippen LogP contribution is -2.19. The van der Waals surface area contributed by atoms with Gasteiger partial charge in [0.25, 0.3) is 0 Å². The molecule has 1 N–H and O–H groups in total. The molecule has 1 aromatic carbocycles. The van der Waals surface area contributed by atoms with Gasteiger partial charge in [-0.15, -0.1) is 0 Å². The molecular weight excluding hydrogens is 246 g/mol. The van der Waals surface area contributed by atoms with Crippen molar-refractivity contribution in [2.45, 2.75) is 12.6 Å². The number of nitrogens with one attached hydrogen (secondary N) is 1. The van der Waals surface area contributed by atoms with Crippen LogP contribution < -0.4 is 5.32 Å². The van der Waals surface area contributed by atoms with Gasteiger partial charge in [-0.1, -0.05) is 29.8 Å². The van der Waals surface area contributed by atoms with Crippen molar-refractivity contribution in [1.82, 2.24) is 10.3 Å². The summed E-state index contributed by atoms with van der Waals surface area (Å²) in [5.74, 6) is 0. The maximum atomic E-state index is 9.16. The van der Waals surface area contributed by atoms with Crippen molar-refractivity contribution >= 4 is 11.6 Å². The van der Waals surface area contributed by atoms with Gasteiger partial charge in [-0.25, -0.2) is 0 Å². The lowest BCUT2D eigenvalue weighted by atomic mass is 10.1. The largest absolute Gasteiger partial charge is 0.293 e. The molecule has 1 aromatic heterocycles. The molecule has 0 saturated heterocycles. The van der Waals surface area contributed by atoms with Gasteiger partial charge in [0.2, 0.25) is 0 Å². The molecule has 1 atom stereocenters. The number of rotatable bonds is 4. The number of halogens is 1. The van der Waals surface area contributed by atoms with Gasteiger partial charge in [-0.05, 0) is 29.8 Å². The van der Waals surface area contributed by atoms with E-state index >= 15 is 0 Å². The summed E-state index contributed by atoms with van der Waals surface area (Å²) in [4.78, 5) is 4.20. The SMILES string of the molecule is N#CC(NCc1ccccn1)c1ccc(Cl)cc1. The predicted molar refractivity (Wildman–Crippen MR) is 70.9 cm³/mol. The summed E-state index contributed by atoms with van der Waals surface area (Å²) in [5, 5.41) is 13.0. The standard InChI is InChI=1S/C14H12ClN3/c15-12-6-4-11(5-7-12)14(9-16)18-10-13-3-1-2-8-17-13/h1-8,14,18H,10H2. The smallest absolute Gasteiger partial charge is 0.121 e. The Hall–Kier alpha value is -1.89. The van der Waals surface area contributed by atoms with Crippen LogP contribution in [0.3, 0.4) is 0 Å². The molecule has 90 valence electrons. The second kappa shape index (κ2) is 6.15. The van der Waals surface area contributed by atoms with E-state index in [1.165, 1.54) is 0 Å². The topological polar surface area (TPSA) is 48.7 Å². The molecule has 0 bridgehead atoms. The normalized spacial score (nSPS) is 11.8. The molecule has 18 heavy (non-hydrogen) atoms. The van der Waals surface area contributed by atoms with Crippen molar-refractivity contribution in [2.24, 2.45) is 0 Å². The monoisotopic (exact) mass is 257 g/mol. The van der Waals surface area contributed by atoms with Crippen LogP contribution in [-0.4, -0.2) is 4.98 Å². The van der Waals surface area contributed by atoms with Gasteiger partial charge in [-0.2, -0.15) is 5.26 Å². The van der Waals surface area contributed by atoms with Crippen LogP contribution in [0.15, 0.2) is 48.7 Å². The Kier molecular flexibility index (Phi) is 4.30. The van der Waals surface area contributed by atoms with E-state index in [9.17, 15) is 0 Å². The van der Waals surface area contributed by atoms with Crippen molar-refractivity contribution in [1.29, 1.82) is 5.26 Å². The number of hydrogen-bond acceptors (Lipinski definition) is 3. The van der Waals surface area contributed by atoms with Crippen LogP contribution in [0.5, 0.6) is 0 Å². The van der Waals surface area contributed by atoms with E-state index in [4.69, 9.17) is 16.9 Å². The molecule has 0 fully saturated rings. The Morgan fingerprint density at radius 2 is 2.00 bits per heavy atom. The van der Waals surface area contributed by atoms with E-state index in [0.717, 1.165) is 11.3 Å². The van der Waals surface area contributed by atoms with Gasteiger partial charge < -0.3 is 0 Å². The van der Waals surface area contributed by atoms with Gasteiger partial charge in [0.1, 0.15) is 6.04 Å². The number of nitrogens with zero attached hydrogens (tertiary/aromatic N) is 2. The minimum Gasteiger partial charge on any atom is -0.293 e. The average Bonchev–Trinajstić information content (AvgIpc) is 2.42. The van der Waals surface area contributed by atoms with Crippen molar-refractivity contribution < 1.29 is 0 Å². The first-order valence-electron chi connectivity index (χ1n) is 5.58. The fraction of sp³-hybridized carbons (Fsp3) is 0.143. The fourth-order valence-corrected chi connectivity index (χ4v) is 1.73. The molecule has 0 aliphatic heterocycles. The molecule has 0 aliphatic rings. The number of nitriles is 1. The fourth-order valence-electron chi connectivity index (χ4n) is 1.60. The summed E-state index contributed by atoms with van der Waals surface area (Å²) < 4.78 is 0. The number of benzene rings is 1. The highest BCUT2D eigenvalue weighted by Crippen LogP contribution is 2.16. The summed E-state index contributed by atoms with van der Waals surface area (Å²) in [5.41, 5.74) is 1.81. The number of aromatic nitrogens is 1. The summed E-state index contributed by atoms with van der Waals surface area (Å²) in [6.07, 6.45) is 1.74. The second-order valence-corrected chi connectivity index (χ2v) is 4.25. The molecular formula is C14H12ClN3. The van der Waals surface area contributed by atoms with Crippen molar-refractivity contribution in [2.75, 3.05) is 0 Å². The lowest BCUT2D eigenvalue weighted by molar-refractivity contribution is 0.621. The van der Waals surface area contributed by atoms with Gasteiger partial charge in [0, 0.05) is 17.8 Å². The average molecular weight is 258 g/mol. The second-order valence-electron chi connectivity index (χ2n) is 3.82. The maximum absolute atomic E-state index is 9.16. The summed E-state index contributed by atoms with van der Waals surface area (Å²) in [6, 6.07) is 14.8. The first kappa shape index (κ1) is 12.6. The number of pyridine rings is 1. The van der Waals surface area contributed by atoms with Crippen LogP contribution in [0.25, 0.3) is 0 Å². The predicted octanol–water partition coefficient (Wildman–Crippen LogP) is 3.09. The zero-order valence-corrected chi connectivity index (χ0v) is 10.4. The van der Waals surface area contributed by atoms with E-state index < -0.39 is 0 Å². The van der Waals surface area contributed by atoms with E-state index in [2.05, 4.69) is 16.4 Å². The Labute approximate surface area is 111 Å². The third-order valence-corrected chi connectivity index (χ3v) is 2.80. The first-order valence-corrected chi connectivity index (χ1v) is 5.96. The minimum atomic E-state index is -0.357. The molecule has 1 unspecified atom stereocenters. The van der Waals surface area contributed by atoms with E-state index in [1.54, 1.807) is 18.3 Å². The maximum Gasteiger partial charge on any atom is 0.121 e. The van der Waals surface area contributed by atoms with Crippen molar-refractivity contribution in [3.8, 4) is 6.07 Å². The van der Waals surface area contributed by atoms with Crippen LogP contribution in [0.4, 0.5) is 0 Å². The van der Waals surface area contributed by atoms with E-state index in [-0.39, 0.29) is 6.04 Å². The third kappa shape index (κ3) is 3.30. The molecule has 0 aliphatic carbocycles. The zero-order valence-electron chi connectivity index (χ0n) is 9.68. The third-order valence-electron chi connectivity index (χ3n) is 2.55. The van der Waals surface area contributed by atoms with Gasteiger partial charge in [-0.3, -0.25) is 10.3 Å².